The van der Waals surface area contributed by atoms with Crippen molar-refractivity contribution in [2.75, 3.05) is 6.61 Å². The second kappa shape index (κ2) is 4.83. The summed E-state index contributed by atoms with van der Waals surface area (Å²) in [4.78, 5) is 10.8. The van der Waals surface area contributed by atoms with Crippen LogP contribution in [0.25, 0.3) is 0 Å². The minimum atomic E-state index is -1.57. The number of aliphatic hydroxyl groups excluding tert-OH is 1. The van der Waals surface area contributed by atoms with Crippen LogP contribution in [0.2, 0.25) is 0 Å². The number of aromatic hydroxyl groups is 1. The molecule has 5 heteroatoms. The summed E-state index contributed by atoms with van der Waals surface area (Å²) in [7, 11) is 0. The van der Waals surface area contributed by atoms with Crippen LogP contribution in [-0.2, 0) is 4.79 Å². The first-order chi connectivity index (χ1) is 6.61. The summed E-state index contributed by atoms with van der Waals surface area (Å²) in [6.45, 7) is -0.373. The van der Waals surface area contributed by atoms with Gasteiger partial charge in [-0.2, -0.15) is 0 Å². The number of hydrogen-bond donors (Lipinski definition) is 2. The molecular weight excluding hydrogens is 208 g/mol. The summed E-state index contributed by atoms with van der Waals surface area (Å²) in [5, 5.41) is 17.9. The Hall–Kier alpha value is -1.26. The molecule has 1 aromatic rings. The first kappa shape index (κ1) is 10.8. The summed E-state index contributed by atoms with van der Waals surface area (Å²) in [5.41, 5.74) is -1.57. The zero-order valence-corrected chi connectivity index (χ0v) is 7.94. The van der Waals surface area contributed by atoms with Crippen LogP contribution >= 0.6 is 11.6 Å². The lowest BCUT2D eigenvalue weighted by molar-refractivity contribution is -0.125. The minimum Gasteiger partial charge on any atom is -0.504 e. The van der Waals surface area contributed by atoms with Crippen molar-refractivity contribution in [2.24, 2.45) is 0 Å². The lowest BCUT2D eigenvalue weighted by Crippen LogP contribution is -2.21. The third-order valence-corrected chi connectivity index (χ3v) is 1.74. The Bertz CT molecular complexity index is 324. The van der Waals surface area contributed by atoms with E-state index in [2.05, 4.69) is 0 Å². The summed E-state index contributed by atoms with van der Waals surface area (Å²) in [6, 6.07) is 6.21. The van der Waals surface area contributed by atoms with Crippen molar-refractivity contribution in [2.45, 2.75) is 5.56 Å². The van der Waals surface area contributed by atoms with Crippen LogP contribution in [0.3, 0.4) is 0 Å². The molecule has 4 nitrogen and oxygen atoms in total. The number of alkyl halides is 1. The number of hydrogen-bond acceptors (Lipinski definition) is 4. The van der Waals surface area contributed by atoms with Gasteiger partial charge in [0, 0.05) is 0 Å². The van der Waals surface area contributed by atoms with Crippen LogP contribution in [0, 0.1) is 0 Å². The lowest BCUT2D eigenvalue weighted by Gasteiger charge is -2.06. The smallest absolute Gasteiger partial charge is 0.213 e. The Kier molecular flexibility index (Phi) is 3.73. The molecule has 0 radical (unpaired) electrons. The molecule has 0 saturated heterocycles. The predicted octanol–water partition coefficient (Wildman–Crippen LogP) is 0.897. The van der Waals surface area contributed by atoms with Gasteiger partial charge in [0.15, 0.2) is 23.7 Å². The first-order valence-corrected chi connectivity index (χ1v) is 4.30. The zero-order chi connectivity index (χ0) is 10.6. The van der Waals surface area contributed by atoms with E-state index in [4.69, 9.17) is 21.4 Å². The van der Waals surface area contributed by atoms with Gasteiger partial charge in [0.2, 0.25) is 5.78 Å². The number of aliphatic hydroxyl groups is 1. The van der Waals surface area contributed by atoms with Crippen LogP contribution in [0.15, 0.2) is 24.3 Å². The second-order valence-electron chi connectivity index (χ2n) is 2.56. The van der Waals surface area contributed by atoms with Crippen LogP contribution in [0.4, 0.5) is 0 Å². The van der Waals surface area contributed by atoms with Crippen molar-refractivity contribution in [3.63, 3.8) is 0 Å². The molecule has 0 aliphatic carbocycles. The third kappa shape index (κ3) is 2.90. The number of phenols is 1. The molecule has 0 aromatic heterocycles. The first-order valence-electron chi connectivity index (χ1n) is 3.87. The maximum Gasteiger partial charge on any atom is 0.213 e. The highest BCUT2D eigenvalue weighted by molar-refractivity contribution is 6.29. The third-order valence-electron chi connectivity index (χ3n) is 1.50. The highest BCUT2D eigenvalue weighted by Gasteiger charge is 2.12. The summed E-state index contributed by atoms with van der Waals surface area (Å²) in [6.07, 6.45) is 0. The number of ether oxygens (including phenoxy) is 1. The fraction of sp³-hybridized carbons (Fsp3) is 0.222. The molecule has 0 aliphatic heterocycles. The van der Waals surface area contributed by atoms with Gasteiger partial charge < -0.3 is 14.9 Å². The molecule has 0 heterocycles. The van der Waals surface area contributed by atoms with E-state index in [1.165, 1.54) is 12.1 Å². The minimum absolute atomic E-state index is 0.0654. The van der Waals surface area contributed by atoms with Gasteiger partial charge in [-0.05, 0) is 12.1 Å². The molecule has 2 N–H and O–H groups in total. The van der Waals surface area contributed by atoms with Gasteiger partial charge in [-0.25, -0.2) is 0 Å². The van der Waals surface area contributed by atoms with Crippen molar-refractivity contribution < 1.29 is 19.7 Å². The quantitative estimate of drug-likeness (QED) is 0.734. The molecule has 1 atom stereocenters. The molecule has 0 amide bonds. The maximum absolute atomic E-state index is 10.8. The number of rotatable bonds is 4. The van der Waals surface area contributed by atoms with Gasteiger partial charge in [-0.1, -0.05) is 23.7 Å². The van der Waals surface area contributed by atoms with Gasteiger partial charge >= 0.3 is 0 Å². The number of carbonyl (C=O) groups excluding carboxylic acids is 1. The number of ketones is 1. The highest BCUT2D eigenvalue weighted by Crippen LogP contribution is 2.24. The van der Waals surface area contributed by atoms with Crippen molar-refractivity contribution >= 4 is 17.4 Å². The Labute approximate surface area is 85.7 Å². The van der Waals surface area contributed by atoms with Gasteiger partial charge in [-0.3, -0.25) is 4.79 Å². The Morgan fingerprint density at radius 2 is 2.14 bits per heavy atom. The van der Waals surface area contributed by atoms with E-state index < -0.39 is 11.3 Å². The molecule has 0 aliphatic rings. The van der Waals surface area contributed by atoms with E-state index in [0.29, 0.717) is 0 Å². The monoisotopic (exact) mass is 216 g/mol. The average molecular weight is 217 g/mol. The molecule has 0 bridgehead atoms. The van der Waals surface area contributed by atoms with Gasteiger partial charge in [0.05, 0.1) is 0 Å². The molecule has 1 rings (SSSR count). The Morgan fingerprint density at radius 3 is 2.71 bits per heavy atom. The largest absolute Gasteiger partial charge is 0.504 e. The maximum atomic E-state index is 10.8. The lowest BCUT2D eigenvalue weighted by atomic mass is 10.3. The van der Waals surface area contributed by atoms with Crippen LogP contribution in [0.5, 0.6) is 11.5 Å². The average Bonchev–Trinajstić information content (AvgIpc) is 2.16. The number of para-hydroxylation sites is 2. The van der Waals surface area contributed by atoms with Crippen LogP contribution in [-0.4, -0.2) is 28.2 Å². The molecule has 76 valence electrons. The van der Waals surface area contributed by atoms with Gasteiger partial charge in [0.25, 0.3) is 0 Å². The van der Waals surface area contributed by atoms with Gasteiger partial charge in [-0.15, -0.1) is 0 Å². The molecule has 14 heavy (non-hydrogen) atoms. The van der Waals surface area contributed by atoms with Crippen molar-refractivity contribution in [1.82, 2.24) is 0 Å². The van der Waals surface area contributed by atoms with Crippen molar-refractivity contribution in [1.29, 1.82) is 0 Å². The number of benzene rings is 1. The van der Waals surface area contributed by atoms with E-state index in [1.807, 2.05) is 0 Å². The van der Waals surface area contributed by atoms with Crippen LogP contribution < -0.4 is 4.74 Å². The Morgan fingerprint density at radius 1 is 1.50 bits per heavy atom. The fourth-order valence-electron chi connectivity index (χ4n) is 0.797. The molecule has 0 saturated carbocycles. The van der Waals surface area contributed by atoms with E-state index in [-0.39, 0.29) is 18.1 Å². The normalized spacial score (nSPS) is 12.1. The van der Waals surface area contributed by atoms with Crippen LogP contribution in [0.1, 0.15) is 0 Å². The number of phenolic OH excluding ortho intramolecular Hbond substituents is 1. The second-order valence-corrected chi connectivity index (χ2v) is 2.97. The fourth-order valence-corrected chi connectivity index (χ4v) is 0.860. The van der Waals surface area contributed by atoms with Crippen molar-refractivity contribution in [3.05, 3.63) is 24.3 Å². The topological polar surface area (TPSA) is 66.8 Å². The molecule has 0 fully saturated rings. The predicted molar refractivity (Wildman–Crippen MR) is 50.5 cm³/mol. The number of carbonyl (C=O) groups is 1. The molecule has 1 aromatic carbocycles. The SMILES string of the molecule is O=C(COc1ccccc1O)C(O)Cl. The summed E-state index contributed by atoms with van der Waals surface area (Å²) in [5.74, 6) is -0.544. The number of halogens is 1. The summed E-state index contributed by atoms with van der Waals surface area (Å²) >= 11 is 5.10. The summed E-state index contributed by atoms with van der Waals surface area (Å²) < 4.78 is 4.92. The van der Waals surface area contributed by atoms with Gasteiger partial charge in [0.1, 0.15) is 0 Å². The van der Waals surface area contributed by atoms with E-state index in [9.17, 15) is 9.90 Å². The van der Waals surface area contributed by atoms with Crippen molar-refractivity contribution in [3.8, 4) is 11.5 Å². The molecular formula is C9H9ClO4. The zero-order valence-electron chi connectivity index (χ0n) is 7.18. The van der Waals surface area contributed by atoms with E-state index in [0.717, 1.165) is 0 Å². The standard InChI is InChI=1S/C9H9ClO4/c10-9(13)7(12)5-14-8-4-2-1-3-6(8)11/h1-4,9,11,13H,5H2. The Balaban J connectivity index is 2.54. The van der Waals surface area contributed by atoms with E-state index in [1.54, 1.807) is 12.1 Å². The van der Waals surface area contributed by atoms with E-state index >= 15 is 0 Å². The highest BCUT2D eigenvalue weighted by atomic mass is 35.5. The number of Topliss-reactive ketones (excluding diaryl/α,β-unsaturated/α-hetero) is 1. The molecule has 1 unspecified atom stereocenters. The molecule has 0 spiro atoms.